The molecule has 0 aromatic heterocycles. The van der Waals surface area contributed by atoms with Gasteiger partial charge in [-0.2, -0.15) is 13.2 Å². The lowest BCUT2D eigenvalue weighted by molar-refractivity contribution is -0.0437. The average Bonchev–Trinajstić information content (AvgIpc) is 2.91. The van der Waals surface area contributed by atoms with Crippen LogP contribution < -0.4 is 4.74 Å². The van der Waals surface area contributed by atoms with Crippen molar-refractivity contribution < 1.29 is 35.8 Å². The summed E-state index contributed by atoms with van der Waals surface area (Å²) < 4.78 is 80.5. The molecule has 134 valence electrons. The number of benzene rings is 2. The summed E-state index contributed by atoms with van der Waals surface area (Å²) in [6.07, 6.45) is -1.09. The first kappa shape index (κ1) is 17.7. The molecule has 3 rings (SSSR count). The molecule has 9 heteroatoms. The second-order valence-corrected chi connectivity index (χ2v) is 7.42. The first-order valence-electron chi connectivity index (χ1n) is 7.20. The monoisotopic (exact) mass is 376 g/mol. The van der Waals surface area contributed by atoms with Gasteiger partial charge in [0.1, 0.15) is 17.3 Å². The zero-order chi connectivity index (χ0) is 18.4. The number of aliphatic hydroxyl groups excluding tert-OH is 1. The lowest BCUT2D eigenvalue weighted by atomic mass is 10.1. The Labute approximate surface area is 140 Å². The van der Waals surface area contributed by atoms with Gasteiger partial charge in [0.15, 0.2) is 0 Å². The van der Waals surface area contributed by atoms with Crippen LogP contribution in [0, 0.1) is 5.82 Å². The van der Waals surface area contributed by atoms with Crippen LogP contribution in [0.15, 0.2) is 41.3 Å². The largest absolute Gasteiger partial charge is 0.501 e. The van der Waals surface area contributed by atoms with E-state index >= 15 is 0 Å². The van der Waals surface area contributed by atoms with Crippen LogP contribution >= 0.6 is 0 Å². The fourth-order valence-electron chi connectivity index (χ4n) is 2.76. The van der Waals surface area contributed by atoms with Crippen LogP contribution in [0.2, 0.25) is 0 Å². The van der Waals surface area contributed by atoms with Crippen LogP contribution in [0.5, 0.6) is 11.5 Å². The zero-order valence-corrected chi connectivity index (χ0v) is 13.4. The molecular formula is C16H12F4O4S. The number of rotatable bonds is 3. The van der Waals surface area contributed by atoms with E-state index in [4.69, 9.17) is 4.74 Å². The first-order valence-corrected chi connectivity index (χ1v) is 8.68. The molecule has 0 spiro atoms. The molecule has 0 heterocycles. The summed E-state index contributed by atoms with van der Waals surface area (Å²) in [6, 6.07) is 6.83. The SMILES string of the molecule is O=S(=O)(c1ccc(Oc2ccc(F)cc2)c2c1C(O)CC2)C(F)(F)F. The molecule has 0 aliphatic heterocycles. The van der Waals surface area contributed by atoms with Crippen molar-refractivity contribution in [2.45, 2.75) is 29.3 Å². The normalized spacial score (nSPS) is 17.4. The number of hydrogen-bond acceptors (Lipinski definition) is 4. The third-order valence-electron chi connectivity index (χ3n) is 3.91. The van der Waals surface area contributed by atoms with Gasteiger partial charge in [-0.05, 0) is 49.2 Å². The van der Waals surface area contributed by atoms with Gasteiger partial charge in [0.05, 0.1) is 11.0 Å². The van der Waals surface area contributed by atoms with Crippen molar-refractivity contribution in [1.82, 2.24) is 0 Å². The molecule has 0 radical (unpaired) electrons. The maximum absolute atomic E-state index is 12.9. The highest BCUT2D eigenvalue weighted by atomic mass is 32.2. The van der Waals surface area contributed by atoms with E-state index < -0.39 is 32.2 Å². The summed E-state index contributed by atoms with van der Waals surface area (Å²) in [7, 11) is -5.59. The minimum Gasteiger partial charge on any atom is -0.457 e. The molecule has 1 atom stereocenters. The Morgan fingerprint density at radius 3 is 2.32 bits per heavy atom. The fourth-order valence-corrected chi connectivity index (χ4v) is 3.80. The van der Waals surface area contributed by atoms with Crippen molar-refractivity contribution in [3.63, 3.8) is 0 Å². The molecule has 0 amide bonds. The Kier molecular flexibility index (Phi) is 4.24. The number of hydrogen-bond donors (Lipinski definition) is 1. The third-order valence-corrected chi connectivity index (χ3v) is 5.46. The van der Waals surface area contributed by atoms with E-state index in [1.165, 1.54) is 12.1 Å². The highest BCUT2D eigenvalue weighted by Crippen LogP contribution is 2.45. The lowest BCUT2D eigenvalue weighted by Gasteiger charge is -2.17. The first-order chi connectivity index (χ1) is 11.6. The minimum atomic E-state index is -5.59. The van der Waals surface area contributed by atoms with Crippen molar-refractivity contribution in [3.05, 3.63) is 53.3 Å². The van der Waals surface area contributed by atoms with E-state index in [2.05, 4.69) is 0 Å². The van der Waals surface area contributed by atoms with Gasteiger partial charge >= 0.3 is 5.51 Å². The van der Waals surface area contributed by atoms with Crippen LogP contribution in [0.3, 0.4) is 0 Å². The van der Waals surface area contributed by atoms with E-state index in [9.17, 15) is 31.1 Å². The van der Waals surface area contributed by atoms with E-state index in [1.54, 1.807) is 0 Å². The lowest BCUT2D eigenvalue weighted by Crippen LogP contribution is -2.24. The van der Waals surface area contributed by atoms with Gasteiger partial charge in [-0.3, -0.25) is 0 Å². The Morgan fingerprint density at radius 1 is 1.08 bits per heavy atom. The van der Waals surface area contributed by atoms with E-state index in [0.29, 0.717) is 0 Å². The van der Waals surface area contributed by atoms with Crippen LogP contribution in [0.1, 0.15) is 23.7 Å². The Hall–Kier alpha value is -2.13. The molecular weight excluding hydrogens is 364 g/mol. The van der Waals surface area contributed by atoms with Crippen molar-refractivity contribution in [2.75, 3.05) is 0 Å². The predicted octanol–water partition coefficient (Wildman–Crippen LogP) is 3.89. The number of aliphatic hydroxyl groups is 1. The van der Waals surface area contributed by atoms with E-state index in [1.807, 2.05) is 0 Å². The van der Waals surface area contributed by atoms with Crippen molar-refractivity contribution in [2.24, 2.45) is 0 Å². The number of halogens is 4. The summed E-state index contributed by atoms with van der Waals surface area (Å²) in [5.41, 5.74) is -5.57. The van der Waals surface area contributed by atoms with Gasteiger partial charge in [0, 0.05) is 11.1 Å². The standard InChI is InChI=1S/C16H12F4O4S/c17-9-1-3-10(4-2-9)24-13-7-8-14(25(22,23)16(18,19)20)15-11(13)5-6-12(15)21/h1-4,7-8,12,21H,5-6H2. The van der Waals surface area contributed by atoms with Gasteiger partial charge in [0.25, 0.3) is 9.84 Å². The summed E-state index contributed by atoms with van der Waals surface area (Å²) in [5, 5.41) is 9.98. The van der Waals surface area contributed by atoms with Gasteiger partial charge in [0.2, 0.25) is 0 Å². The van der Waals surface area contributed by atoms with E-state index in [-0.39, 0.29) is 35.5 Å². The molecule has 4 nitrogen and oxygen atoms in total. The van der Waals surface area contributed by atoms with Crippen molar-refractivity contribution in [1.29, 1.82) is 0 Å². The number of alkyl halides is 3. The second-order valence-electron chi connectivity index (χ2n) is 5.51. The van der Waals surface area contributed by atoms with Crippen LogP contribution in [-0.4, -0.2) is 19.0 Å². The van der Waals surface area contributed by atoms with Gasteiger partial charge < -0.3 is 9.84 Å². The maximum atomic E-state index is 12.9. The highest BCUT2D eigenvalue weighted by molar-refractivity contribution is 7.92. The van der Waals surface area contributed by atoms with Crippen LogP contribution in [0.4, 0.5) is 17.6 Å². The number of ether oxygens (including phenoxy) is 1. The second kappa shape index (κ2) is 5.99. The van der Waals surface area contributed by atoms with Gasteiger partial charge in [-0.1, -0.05) is 0 Å². The third kappa shape index (κ3) is 3.09. The molecule has 1 N–H and O–H groups in total. The summed E-state index contributed by atoms with van der Waals surface area (Å²) in [4.78, 5) is -0.966. The van der Waals surface area contributed by atoms with Gasteiger partial charge in [-0.25, -0.2) is 12.8 Å². The molecule has 1 aliphatic carbocycles. The number of fused-ring (bicyclic) bond motifs is 1. The molecule has 1 aliphatic rings. The van der Waals surface area contributed by atoms with Gasteiger partial charge in [-0.15, -0.1) is 0 Å². The van der Waals surface area contributed by atoms with Crippen LogP contribution in [-0.2, 0) is 16.3 Å². The molecule has 0 saturated heterocycles. The smallest absolute Gasteiger partial charge is 0.457 e. The molecule has 2 aromatic carbocycles. The average molecular weight is 376 g/mol. The Bertz CT molecular complexity index is 905. The molecule has 0 bridgehead atoms. The minimum absolute atomic E-state index is 0.0828. The molecule has 1 unspecified atom stereocenters. The molecule has 25 heavy (non-hydrogen) atoms. The van der Waals surface area contributed by atoms with Crippen LogP contribution in [0.25, 0.3) is 0 Å². The molecule has 0 saturated carbocycles. The number of sulfone groups is 1. The zero-order valence-electron chi connectivity index (χ0n) is 12.5. The topological polar surface area (TPSA) is 63.6 Å². The summed E-state index contributed by atoms with van der Waals surface area (Å²) in [6.45, 7) is 0. The summed E-state index contributed by atoms with van der Waals surface area (Å²) >= 11 is 0. The highest BCUT2D eigenvalue weighted by Gasteiger charge is 2.49. The maximum Gasteiger partial charge on any atom is 0.501 e. The van der Waals surface area contributed by atoms with Crippen molar-refractivity contribution in [3.8, 4) is 11.5 Å². The molecule has 0 fully saturated rings. The Morgan fingerprint density at radius 2 is 1.72 bits per heavy atom. The predicted molar refractivity (Wildman–Crippen MR) is 79.4 cm³/mol. The summed E-state index contributed by atoms with van der Waals surface area (Å²) in [5.74, 6) is -0.129. The quantitative estimate of drug-likeness (QED) is 0.826. The molecule has 2 aromatic rings. The fraction of sp³-hybridized carbons (Fsp3) is 0.250. The van der Waals surface area contributed by atoms with Crippen molar-refractivity contribution >= 4 is 9.84 Å². The van der Waals surface area contributed by atoms with E-state index in [0.717, 1.165) is 24.3 Å². The Balaban J connectivity index is 2.09.